The second kappa shape index (κ2) is 6.56. The number of benzene rings is 1. The summed E-state index contributed by atoms with van der Waals surface area (Å²) in [6, 6.07) is 13.5. The van der Waals surface area contributed by atoms with Gasteiger partial charge in [-0.2, -0.15) is 0 Å². The predicted molar refractivity (Wildman–Crippen MR) is 111 cm³/mol. The first-order valence-corrected chi connectivity index (χ1v) is 9.08. The number of nitrogens with zero attached hydrogens (tertiary/aromatic N) is 5. The smallest absolute Gasteiger partial charge is 0.333 e. The molecule has 0 aliphatic heterocycles. The van der Waals surface area contributed by atoms with Gasteiger partial charge in [-0.15, -0.1) is 0 Å². The fourth-order valence-corrected chi connectivity index (χ4v) is 3.58. The van der Waals surface area contributed by atoms with E-state index in [1.807, 2.05) is 36.5 Å². The standard InChI is InChI=1S/C22H17N5O2/c1-26-19-13-24-18-7-5-14(15-4-3-9-23-11-15)10-17(18)21(19)27(22(26)28)16-6-8-20(29-2)25-12-16/h3-13H,1-2H3. The summed E-state index contributed by atoms with van der Waals surface area (Å²) >= 11 is 0. The molecule has 1 aromatic carbocycles. The van der Waals surface area contributed by atoms with Gasteiger partial charge in [-0.25, -0.2) is 9.78 Å². The Kier molecular flexibility index (Phi) is 3.87. The topological polar surface area (TPSA) is 74.8 Å². The Bertz CT molecular complexity index is 1400. The monoisotopic (exact) mass is 383 g/mol. The first kappa shape index (κ1) is 17.1. The van der Waals surface area contributed by atoms with Crippen molar-refractivity contribution in [3.8, 4) is 22.7 Å². The molecule has 5 aromatic rings. The summed E-state index contributed by atoms with van der Waals surface area (Å²) in [5, 5.41) is 0.886. The van der Waals surface area contributed by atoms with Crippen LogP contribution in [0.3, 0.4) is 0 Å². The SMILES string of the molecule is COc1ccc(-n2c(=O)n(C)c3cnc4ccc(-c5cccnc5)cc4c32)cn1. The Balaban J connectivity index is 1.85. The number of aromatic nitrogens is 5. The minimum atomic E-state index is -0.159. The summed E-state index contributed by atoms with van der Waals surface area (Å²) in [6.45, 7) is 0. The van der Waals surface area contributed by atoms with E-state index in [-0.39, 0.29) is 5.69 Å². The average Bonchev–Trinajstić information content (AvgIpc) is 3.04. The molecule has 0 atom stereocenters. The van der Waals surface area contributed by atoms with Crippen molar-refractivity contribution in [3.63, 3.8) is 0 Å². The zero-order valence-electron chi connectivity index (χ0n) is 15.9. The maximum absolute atomic E-state index is 13.1. The van der Waals surface area contributed by atoms with Crippen LogP contribution in [0.4, 0.5) is 0 Å². The summed E-state index contributed by atoms with van der Waals surface area (Å²) < 4.78 is 8.41. The molecule has 0 amide bonds. The lowest BCUT2D eigenvalue weighted by atomic mass is 10.0. The predicted octanol–water partition coefficient (Wildman–Crippen LogP) is 3.34. The van der Waals surface area contributed by atoms with E-state index in [9.17, 15) is 4.79 Å². The minimum absolute atomic E-state index is 0.159. The summed E-state index contributed by atoms with van der Waals surface area (Å²) in [5.41, 5.74) is 4.87. The molecule has 0 saturated carbocycles. The Morgan fingerprint density at radius 1 is 0.966 bits per heavy atom. The number of fused-ring (bicyclic) bond motifs is 3. The van der Waals surface area contributed by atoms with Crippen molar-refractivity contribution < 1.29 is 4.74 Å². The quantitative estimate of drug-likeness (QED) is 0.478. The first-order valence-electron chi connectivity index (χ1n) is 9.08. The van der Waals surface area contributed by atoms with Gasteiger partial charge in [0.1, 0.15) is 0 Å². The van der Waals surface area contributed by atoms with Crippen molar-refractivity contribution in [3.05, 3.63) is 77.7 Å². The molecule has 29 heavy (non-hydrogen) atoms. The van der Waals surface area contributed by atoms with Gasteiger partial charge >= 0.3 is 5.69 Å². The van der Waals surface area contributed by atoms with Crippen LogP contribution < -0.4 is 10.4 Å². The molecule has 0 radical (unpaired) electrons. The molecule has 4 heterocycles. The van der Waals surface area contributed by atoms with Crippen LogP contribution in [0.25, 0.3) is 38.8 Å². The van der Waals surface area contributed by atoms with Crippen LogP contribution in [-0.4, -0.2) is 31.2 Å². The van der Waals surface area contributed by atoms with Gasteiger partial charge in [-0.05, 0) is 29.8 Å². The van der Waals surface area contributed by atoms with Crippen LogP contribution in [0.15, 0.2) is 72.0 Å². The van der Waals surface area contributed by atoms with E-state index < -0.39 is 0 Å². The highest BCUT2D eigenvalue weighted by Gasteiger charge is 2.17. The van der Waals surface area contributed by atoms with Gasteiger partial charge in [-0.3, -0.25) is 19.1 Å². The van der Waals surface area contributed by atoms with Gasteiger partial charge in [0.25, 0.3) is 0 Å². The third kappa shape index (κ3) is 2.67. The average molecular weight is 383 g/mol. The number of ether oxygens (including phenoxy) is 1. The van der Waals surface area contributed by atoms with Crippen LogP contribution in [-0.2, 0) is 7.05 Å². The molecule has 7 heteroatoms. The molecular weight excluding hydrogens is 366 g/mol. The number of hydrogen-bond donors (Lipinski definition) is 0. The van der Waals surface area contributed by atoms with Crippen molar-refractivity contribution in [1.82, 2.24) is 24.1 Å². The Morgan fingerprint density at radius 2 is 1.86 bits per heavy atom. The highest BCUT2D eigenvalue weighted by atomic mass is 16.5. The maximum atomic E-state index is 13.1. The van der Waals surface area contributed by atoms with Crippen LogP contribution >= 0.6 is 0 Å². The van der Waals surface area contributed by atoms with E-state index >= 15 is 0 Å². The number of hydrogen-bond acceptors (Lipinski definition) is 5. The highest BCUT2D eigenvalue weighted by Crippen LogP contribution is 2.29. The van der Waals surface area contributed by atoms with Crippen molar-refractivity contribution in [2.24, 2.45) is 7.05 Å². The van der Waals surface area contributed by atoms with Gasteiger partial charge < -0.3 is 4.74 Å². The van der Waals surface area contributed by atoms with Crippen molar-refractivity contribution in [2.45, 2.75) is 0 Å². The normalized spacial score (nSPS) is 11.2. The number of pyridine rings is 3. The molecule has 0 aliphatic rings. The van der Waals surface area contributed by atoms with Crippen molar-refractivity contribution in [1.29, 1.82) is 0 Å². The second-order valence-corrected chi connectivity index (χ2v) is 6.70. The highest BCUT2D eigenvalue weighted by molar-refractivity contribution is 6.04. The van der Waals surface area contributed by atoms with Gasteiger partial charge in [0.05, 0.1) is 41.7 Å². The molecule has 0 N–H and O–H groups in total. The van der Waals surface area contributed by atoms with Crippen LogP contribution in [0.2, 0.25) is 0 Å². The molecule has 142 valence electrons. The molecular formula is C22H17N5O2. The molecule has 0 spiro atoms. The lowest BCUT2D eigenvalue weighted by Crippen LogP contribution is -2.20. The molecule has 0 saturated heterocycles. The van der Waals surface area contributed by atoms with Crippen molar-refractivity contribution >= 4 is 21.9 Å². The van der Waals surface area contributed by atoms with Crippen LogP contribution in [0, 0.1) is 0 Å². The molecule has 5 rings (SSSR count). The molecule has 7 nitrogen and oxygen atoms in total. The van der Waals surface area contributed by atoms with Gasteiger partial charge in [0, 0.05) is 36.5 Å². The Hall–Kier alpha value is -4.00. The lowest BCUT2D eigenvalue weighted by molar-refractivity contribution is 0.398. The molecule has 0 unspecified atom stereocenters. The van der Waals surface area contributed by atoms with E-state index in [1.54, 1.807) is 47.9 Å². The zero-order valence-corrected chi connectivity index (χ0v) is 15.9. The maximum Gasteiger partial charge on any atom is 0.333 e. The molecule has 0 fully saturated rings. The number of imidazole rings is 1. The number of rotatable bonds is 3. The Morgan fingerprint density at radius 3 is 2.59 bits per heavy atom. The third-order valence-corrected chi connectivity index (χ3v) is 5.07. The third-order valence-electron chi connectivity index (χ3n) is 5.07. The fourth-order valence-electron chi connectivity index (χ4n) is 3.58. The molecule has 0 aliphatic carbocycles. The summed E-state index contributed by atoms with van der Waals surface area (Å²) in [4.78, 5) is 26.1. The van der Waals surface area contributed by atoms with Gasteiger partial charge in [0.15, 0.2) is 0 Å². The number of aryl methyl sites for hydroxylation is 1. The summed E-state index contributed by atoms with van der Waals surface area (Å²) in [7, 11) is 3.31. The fraction of sp³-hybridized carbons (Fsp3) is 0.0909. The molecule has 0 bridgehead atoms. The van der Waals surface area contributed by atoms with E-state index in [2.05, 4.69) is 21.0 Å². The summed E-state index contributed by atoms with van der Waals surface area (Å²) in [6.07, 6.45) is 6.93. The van der Waals surface area contributed by atoms with Crippen LogP contribution in [0.1, 0.15) is 0 Å². The van der Waals surface area contributed by atoms with E-state index in [1.165, 1.54) is 0 Å². The largest absolute Gasteiger partial charge is 0.481 e. The van der Waals surface area contributed by atoms with E-state index in [4.69, 9.17) is 4.74 Å². The van der Waals surface area contributed by atoms with Gasteiger partial charge in [-0.1, -0.05) is 12.1 Å². The lowest BCUT2D eigenvalue weighted by Gasteiger charge is -2.08. The van der Waals surface area contributed by atoms with Crippen molar-refractivity contribution in [2.75, 3.05) is 7.11 Å². The second-order valence-electron chi connectivity index (χ2n) is 6.70. The minimum Gasteiger partial charge on any atom is -0.481 e. The molecule has 4 aromatic heterocycles. The summed E-state index contributed by atoms with van der Waals surface area (Å²) in [5.74, 6) is 0.493. The van der Waals surface area contributed by atoms with Gasteiger partial charge in [0.2, 0.25) is 5.88 Å². The van der Waals surface area contributed by atoms with E-state index in [0.717, 1.165) is 33.1 Å². The van der Waals surface area contributed by atoms with E-state index in [0.29, 0.717) is 11.6 Å². The van der Waals surface area contributed by atoms with Crippen LogP contribution in [0.5, 0.6) is 5.88 Å². The Labute approximate surface area is 165 Å². The number of methoxy groups -OCH3 is 1. The first-order chi connectivity index (χ1) is 14.2. The zero-order chi connectivity index (χ0) is 20.0.